The molecule has 3 aromatic carbocycles. The zero-order chi connectivity index (χ0) is 24.4. The van der Waals surface area contributed by atoms with Gasteiger partial charge in [-0.1, -0.05) is 30.3 Å². The van der Waals surface area contributed by atoms with Crippen molar-refractivity contribution in [1.29, 1.82) is 0 Å². The van der Waals surface area contributed by atoms with Crippen LogP contribution >= 0.6 is 0 Å². The lowest BCUT2D eigenvalue weighted by Crippen LogP contribution is -2.03. The molecule has 7 heteroatoms. The maximum absolute atomic E-state index is 12.7. The molecule has 0 radical (unpaired) electrons. The van der Waals surface area contributed by atoms with Crippen LogP contribution in [0.2, 0.25) is 0 Å². The summed E-state index contributed by atoms with van der Waals surface area (Å²) in [5.41, 5.74) is 4.00. The van der Waals surface area contributed by atoms with Crippen molar-refractivity contribution in [2.75, 3.05) is 7.11 Å². The van der Waals surface area contributed by atoms with E-state index in [2.05, 4.69) is 33.8 Å². The van der Waals surface area contributed by atoms with E-state index in [-0.39, 0.29) is 0 Å². The Morgan fingerprint density at radius 2 is 1.66 bits per heavy atom. The molecule has 0 N–H and O–H groups in total. The molecule has 0 aliphatic heterocycles. The summed E-state index contributed by atoms with van der Waals surface area (Å²) in [5, 5.41) is 1.12. The predicted molar refractivity (Wildman–Crippen MR) is 130 cm³/mol. The van der Waals surface area contributed by atoms with Gasteiger partial charge >= 0.3 is 6.18 Å². The van der Waals surface area contributed by atoms with E-state index >= 15 is 0 Å². The zero-order valence-corrected chi connectivity index (χ0v) is 18.8. The van der Waals surface area contributed by atoms with Gasteiger partial charge in [0.2, 0.25) is 5.89 Å². The molecule has 0 spiro atoms. The highest BCUT2D eigenvalue weighted by Gasteiger charge is 2.29. The molecule has 0 amide bonds. The topological polar surface area (TPSA) is 40.2 Å². The van der Waals surface area contributed by atoms with E-state index in [9.17, 15) is 13.2 Å². The van der Waals surface area contributed by atoms with Gasteiger partial charge in [-0.15, -0.1) is 0 Å². The van der Waals surface area contributed by atoms with Gasteiger partial charge in [-0.3, -0.25) is 0 Å². The number of alkyl halides is 3. The first-order chi connectivity index (χ1) is 16.9. The van der Waals surface area contributed by atoms with Gasteiger partial charge in [0, 0.05) is 23.2 Å². The minimum Gasteiger partial charge on any atom is -0.497 e. The number of oxazole rings is 1. The van der Waals surface area contributed by atoms with Crippen LogP contribution in [0, 0.1) is 0 Å². The van der Waals surface area contributed by atoms with Gasteiger partial charge in [-0.05, 0) is 65.2 Å². The molecular formula is C28H21F3N2O2. The van der Waals surface area contributed by atoms with Gasteiger partial charge in [0.25, 0.3) is 0 Å². The Hall–Kier alpha value is -4.26. The fourth-order valence-electron chi connectivity index (χ4n) is 3.90. The van der Waals surface area contributed by atoms with E-state index in [1.54, 1.807) is 25.5 Å². The van der Waals surface area contributed by atoms with Crippen molar-refractivity contribution in [2.45, 2.75) is 12.7 Å². The van der Waals surface area contributed by atoms with Crippen LogP contribution in [0.25, 0.3) is 34.2 Å². The van der Waals surface area contributed by atoms with E-state index in [0.29, 0.717) is 18.0 Å². The fraction of sp³-hybridized carbons (Fsp3) is 0.107. The average molecular weight is 474 g/mol. The second-order valence-corrected chi connectivity index (χ2v) is 8.08. The maximum Gasteiger partial charge on any atom is 0.416 e. The quantitative estimate of drug-likeness (QED) is 0.255. The van der Waals surface area contributed by atoms with Gasteiger partial charge in [0.1, 0.15) is 12.0 Å². The molecule has 5 rings (SSSR count). The smallest absolute Gasteiger partial charge is 0.416 e. The number of nitrogens with zero attached hydrogens (tertiary/aromatic N) is 2. The van der Waals surface area contributed by atoms with Crippen LogP contribution in [0.1, 0.15) is 22.7 Å². The van der Waals surface area contributed by atoms with E-state index in [4.69, 9.17) is 9.15 Å². The highest BCUT2D eigenvalue weighted by molar-refractivity contribution is 5.85. The van der Waals surface area contributed by atoms with Crippen LogP contribution in [0.3, 0.4) is 0 Å². The van der Waals surface area contributed by atoms with Crippen molar-refractivity contribution in [1.82, 2.24) is 9.55 Å². The lowest BCUT2D eigenvalue weighted by atomic mass is 10.0. The van der Waals surface area contributed by atoms with E-state index in [1.807, 2.05) is 30.5 Å². The lowest BCUT2D eigenvalue weighted by Gasteiger charge is -2.06. The standard InChI is InChI=1S/C28H21F3N2O2/c1-34-25-10-5-20(6-11-25)21-7-12-26-22(16-21)14-15-33(26)17-24-18-35-27(32-24)13-4-19-2-8-23(9-3-19)28(29,30)31/h2-16,18H,17H2,1H3. The summed E-state index contributed by atoms with van der Waals surface area (Å²) >= 11 is 0. The van der Waals surface area contributed by atoms with Crippen molar-refractivity contribution in [3.63, 3.8) is 0 Å². The monoisotopic (exact) mass is 474 g/mol. The van der Waals surface area contributed by atoms with Gasteiger partial charge < -0.3 is 13.7 Å². The normalized spacial score (nSPS) is 12.0. The summed E-state index contributed by atoms with van der Waals surface area (Å²) in [6.45, 7) is 0.531. The van der Waals surface area contributed by atoms with Crippen LogP contribution in [0.15, 0.2) is 89.7 Å². The minimum absolute atomic E-state index is 0.387. The number of hydrogen-bond donors (Lipinski definition) is 0. The predicted octanol–water partition coefficient (Wildman–Crippen LogP) is 7.54. The minimum atomic E-state index is -4.35. The summed E-state index contributed by atoms with van der Waals surface area (Å²) < 4.78 is 50.9. The summed E-state index contributed by atoms with van der Waals surface area (Å²) in [6, 6.07) is 21.3. The Kier molecular flexibility index (Phi) is 5.91. The molecule has 0 aliphatic carbocycles. The van der Waals surface area contributed by atoms with Crippen molar-refractivity contribution in [3.8, 4) is 16.9 Å². The number of ether oxygens (including phenoxy) is 1. The number of hydrogen-bond acceptors (Lipinski definition) is 3. The van der Waals surface area contributed by atoms with Crippen LogP contribution < -0.4 is 4.74 Å². The first-order valence-electron chi connectivity index (χ1n) is 10.9. The van der Waals surface area contributed by atoms with Gasteiger partial charge in [-0.2, -0.15) is 13.2 Å². The van der Waals surface area contributed by atoms with Crippen LogP contribution in [-0.2, 0) is 12.7 Å². The number of fused-ring (bicyclic) bond motifs is 1. The van der Waals surface area contributed by atoms with Crippen molar-refractivity contribution < 1.29 is 22.3 Å². The number of rotatable bonds is 6. The summed E-state index contributed by atoms with van der Waals surface area (Å²) in [5.74, 6) is 1.21. The van der Waals surface area contributed by atoms with Crippen molar-refractivity contribution in [2.24, 2.45) is 0 Å². The SMILES string of the molecule is COc1ccc(-c2ccc3c(ccn3Cc3coc(C=Cc4ccc(C(F)(F)F)cc4)n3)c2)cc1. The van der Waals surface area contributed by atoms with Crippen LogP contribution in [0.5, 0.6) is 5.75 Å². The molecule has 0 fully saturated rings. The third kappa shape index (κ3) is 4.99. The Morgan fingerprint density at radius 3 is 2.37 bits per heavy atom. The molecule has 0 bridgehead atoms. The van der Waals surface area contributed by atoms with Crippen molar-refractivity contribution in [3.05, 3.63) is 108 Å². The molecule has 0 aliphatic rings. The first-order valence-corrected chi connectivity index (χ1v) is 10.9. The molecule has 176 valence electrons. The fourth-order valence-corrected chi connectivity index (χ4v) is 3.90. The lowest BCUT2D eigenvalue weighted by molar-refractivity contribution is -0.137. The molecule has 35 heavy (non-hydrogen) atoms. The van der Waals surface area contributed by atoms with Gasteiger partial charge in [0.15, 0.2) is 0 Å². The zero-order valence-electron chi connectivity index (χ0n) is 18.8. The molecule has 0 saturated carbocycles. The second-order valence-electron chi connectivity index (χ2n) is 8.08. The maximum atomic E-state index is 12.7. The van der Waals surface area contributed by atoms with Crippen LogP contribution in [-0.4, -0.2) is 16.7 Å². The van der Waals surface area contributed by atoms with Crippen LogP contribution in [0.4, 0.5) is 13.2 Å². The molecule has 2 aromatic heterocycles. The largest absolute Gasteiger partial charge is 0.497 e. The van der Waals surface area contributed by atoms with Gasteiger partial charge in [0.05, 0.1) is 24.9 Å². The second kappa shape index (κ2) is 9.18. The Bertz CT molecular complexity index is 1480. The highest BCUT2D eigenvalue weighted by atomic mass is 19.4. The molecule has 2 heterocycles. The Morgan fingerprint density at radius 1 is 0.914 bits per heavy atom. The van der Waals surface area contributed by atoms with Gasteiger partial charge in [-0.25, -0.2) is 4.98 Å². The number of aromatic nitrogens is 2. The molecule has 0 atom stereocenters. The van der Waals surface area contributed by atoms with E-state index < -0.39 is 11.7 Å². The van der Waals surface area contributed by atoms with E-state index in [1.165, 1.54) is 12.1 Å². The molecule has 0 unspecified atom stereocenters. The number of benzene rings is 3. The van der Waals surface area contributed by atoms with E-state index in [0.717, 1.165) is 45.6 Å². The average Bonchev–Trinajstić information content (AvgIpc) is 3.49. The summed E-state index contributed by atoms with van der Waals surface area (Å²) in [6.07, 6.45) is 2.56. The Balaban J connectivity index is 1.29. The third-order valence-corrected chi connectivity index (χ3v) is 5.75. The number of methoxy groups -OCH3 is 1. The Labute approximate surface area is 199 Å². The molecule has 4 nitrogen and oxygen atoms in total. The molecule has 0 saturated heterocycles. The number of halogens is 3. The molecular weight excluding hydrogens is 453 g/mol. The van der Waals surface area contributed by atoms with Crippen molar-refractivity contribution >= 4 is 23.1 Å². The summed E-state index contributed by atoms with van der Waals surface area (Å²) in [4.78, 5) is 4.48. The third-order valence-electron chi connectivity index (χ3n) is 5.75. The first kappa shape index (κ1) is 22.5. The highest BCUT2D eigenvalue weighted by Crippen LogP contribution is 2.30. The molecule has 5 aromatic rings. The summed E-state index contributed by atoms with van der Waals surface area (Å²) in [7, 11) is 1.65.